The van der Waals surface area contributed by atoms with Gasteiger partial charge < -0.3 is 20.5 Å². The molecule has 0 aliphatic heterocycles. The van der Waals surface area contributed by atoms with Gasteiger partial charge in [0.25, 0.3) is 5.91 Å². The minimum absolute atomic E-state index is 0.0749. The third kappa shape index (κ3) is 5.99. The molecule has 0 unspecified atom stereocenters. The number of rotatable bonds is 6. The minimum atomic E-state index is -0.589. The van der Waals surface area contributed by atoms with Crippen molar-refractivity contribution in [3.05, 3.63) is 76.3 Å². The standard InChI is InChI=1S/C23H17Cl2N5O4S/c1-34-16-7-5-14(6-8-16)26-20(32)12-3-2-4-15(9-12)27-22(33)28-23-30-29-21(35-23)17-10-13(24)11-18(25)19(17)31/h2-11,31H,1H3,(H,26,32)(H2,27,28,30,33). The summed E-state index contributed by atoms with van der Waals surface area (Å²) in [7, 11) is 1.56. The Morgan fingerprint density at radius 3 is 2.46 bits per heavy atom. The number of hydrogen-bond acceptors (Lipinski definition) is 7. The van der Waals surface area contributed by atoms with E-state index in [0.29, 0.717) is 38.3 Å². The first kappa shape index (κ1) is 24.3. The van der Waals surface area contributed by atoms with E-state index in [-0.39, 0.29) is 21.8 Å². The molecule has 0 saturated carbocycles. The van der Waals surface area contributed by atoms with Crippen molar-refractivity contribution < 1.29 is 19.4 Å². The number of benzene rings is 3. The Morgan fingerprint density at radius 1 is 0.943 bits per heavy atom. The zero-order valence-corrected chi connectivity index (χ0v) is 20.3. The van der Waals surface area contributed by atoms with Gasteiger partial charge in [-0.15, -0.1) is 10.2 Å². The van der Waals surface area contributed by atoms with Gasteiger partial charge in [-0.25, -0.2) is 4.79 Å². The van der Waals surface area contributed by atoms with E-state index in [1.807, 2.05) is 0 Å². The molecule has 4 rings (SSSR count). The molecule has 0 aliphatic rings. The Bertz CT molecular complexity index is 1400. The SMILES string of the molecule is COc1ccc(NC(=O)c2cccc(NC(=O)Nc3nnc(-c4cc(Cl)cc(Cl)c4O)s3)c2)cc1. The van der Waals surface area contributed by atoms with Crippen LogP contribution in [-0.2, 0) is 0 Å². The van der Waals surface area contributed by atoms with Crippen molar-refractivity contribution in [3.63, 3.8) is 0 Å². The smallest absolute Gasteiger partial charge is 0.325 e. The number of anilines is 3. The Balaban J connectivity index is 1.40. The number of nitrogens with zero attached hydrogens (tertiary/aromatic N) is 2. The van der Waals surface area contributed by atoms with Gasteiger partial charge >= 0.3 is 6.03 Å². The number of aromatic nitrogens is 2. The summed E-state index contributed by atoms with van der Waals surface area (Å²) in [5.41, 5.74) is 1.65. The molecular formula is C23H17Cl2N5O4S. The van der Waals surface area contributed by atoms with Crippen LogP contribution in [0.2, 0.25) is 10.0 Å². The van der Waals surface area contributed by atoms with Gasteiger partial charge in [-0.1, -0.05) is 40.6 Å². The van der Waals surface area contributed by atoms with Crippen LogP contribution >= 0.6 is 34.5 Å². The molecule has 4 aromatic rings. The predicted octanol–water partition coefficient (Wildman–Crippen LogP) is 6.12. The van der Waals surface area contributed by atoms with Crippen LogP contribution in [0.1, 0.15) is 10.4 Å². The molecular weight excluding hydrogens is 513 g/mol. The van der Waals surface area contributed by atoms with Crippen molar-refractivity contribution >= 4 is 63.0 Å². The summed E-state index contributed by atoms with van der Waals surface area (Å²) < 4.78 is 5.10. The van der Waals surface area contributed by atoms with Gasteiger partial charge in [0.1, 0.15) is 11.5 Å². The van der Waals surface area contributed by atoms with Crippen LogP contribution < -0.4 is 20.7 Å². The summed E-state index contributed by atoms with van der Waals surface area (Å²) in [6.07, 6.45) is 0. The summed E-state index contributed by atoms with van der Waals surface area (Å²) in [4.78, 5) is 25.0. The number of urea groups is 1. The van der Waals surface area contributed by atoms with Crippen molar-refractivity contribution in [3.8, 4) is 22.1 Å². The van der Waals surface area contributed by atoms with Gasteiger partial charge in [0, 0.05) is 22.0 Å². The second kappa shape index (κ2) is 10.6. The van der Waals surface area contributed by atoms with E-state index < -0.39 is 6.03 Å². The number of amides is 3. The maximum atomic E-state index is 12.6. The number of ether oxygens (including phenoxy) is 1. The topological polar surface area (TPSA) is 125 Å². The fourth-order valence-corrected chi connectivity index (χ4v) is 4.24. The summed E-state index contributed by atoms with van der Waals surface area (Å²) in [6.45, 7) is 0. The summed E-state index contributed by atoms with van der Waals surface area (Å²) in [5.74, 6) is 0.150. The van der Waals surface area contributed by atoms with Gasteiger partial charge in [0.15, 0.2) is 5.01 Å². The lowest BCUT2D eigenvalue weighted by Crippen LogP contribution is -2.20. The van der Waals surface area contributed by atoms with Crippen LogP contribution in [0.15, 0.2) is 60.7 Å². The Morgan fingerprint density at radius 2 is 1.71 bits per heavy atom. The highest BCUT2D eigenvalue weighted by atomic mass is 35.5. The highest BCUT2D eigenvalue weighted by molar-refractivity contribution is 7.18. The number of aromatic hydroxyl groups is 1. The number of nitrogens with one attached hydrogen (secondary N) is 3. The minimum Gasteiger partial charge on any atom is -0.506 e. The van der Waals surface area contributed by atoms with Crippen molar-refractivity contribution in [1.82, 2.24) is 10.2 Å². The summed E-state index contributed by atoms with van der Waals surface area (Å²) in [6, 6.07) is 15.7. The van der Waals surface area contributed by atoms with E-state index in [9.17, 15) is 14.7 Å². The van der Waals surface area contributed by atoms with Crippen molar-refractivity contribution in [2.24, 2.45) is 0 Å². The Hall–Kier alpha value is -3.86. The third-order valence-corrected chi connectivity index (χ3v) is 6.01. The molecule has 9 nitrogen and oxygen atoms in total. The number of phenolic OH excluding ortho intramolecular Hbond substituents is 1. The first-order valence-electron chi connectivity index (χ1n) is 9.98. The van der Waals surface area contributed by atoms with E-state index in [4.69, 9.17) is 27.9 Å². The molecule has 0 atom stereocenters. The summed E-state index contributed by atoms with van der Waals surface area (Å²) >= 11 is 13.0. The molecule has 3 aromatic carbocycles. The first-order valence-corrected chi connectivity index (χ1v) is 11.5. The number of hydrogen-bond donors (Lipinski definition) is 4. The molecule has 0 bridgehead atoms. The van der Waals surface area contributed by atoms with Gasteiger partial charge in [-0.2, -0.15) is 0 Å². The predicted molar refractivity (Wildman–Crippen MR) is 137 cm³/mol. The van der Waals surface area contributed by atoms with Crippen LogP contribution in [0.5, 0.6) is 11.5 Å². The third-order valence-electron chi connectivity index (χ3n) is 4.63. The van der Waals surface area contributed by atoms with Gasteiger partial charge in [0.2, 0.25) is 5.13 Å². The zero-order chi connectivity index (χ0) is 24.9. The lowest BCUT2D eigenvalue weighted by molar-refractivity contribution is 0.102. The second-order valence-corrected chi connectivity index (χ2v) is 8.86. The lowest BCUT2D eigenvalue weighted by Gasteiger charge is -2.09. The molecule has 12 heteroatoms. The highest BCUT2D eigenvalue weighted by Gasteiger charge is 2.16. The van der Waals surface area contributed by atoms with Crippen LogP contribution in [0.25, 0.3) is 10.6 Å². The molecule has 0 fully saturated rings. The molecule has 0 radical (unpaired) electrons. The number of phenols is 1. The van der Waals surface area contributed by atoms with E-state index in [1.165, 1.54) is 18.2 Å². The van der Waals surface area contributed by atoms with Gasteiger partial charge in [-0.3, -0.25) is 10.1 Å². The van der Waals surface area contributed by atoms with Crippen molar-refractivity contribution in [1.29, 1.82) is 0 Å². The fraction of sp³-hybridized carbons (Fsp3) is 0.0435. The average Bonchev–Trinajstić information content (AvgIpc) is 3.30. The molecule has 35 heavy (non-hydrogen) atoms. The van der Waals surface area contributed by atoms with Crippen molar-refractivity contribution in [2.75, 3.05) is 23.1 Å². The quantitative estimate of drug-likeness (QED) is 0.238. The molecule has 178 valence electrons. The maximum absolute atomic E-state index is 12.6. The monoisotopic (exact) mass is 529 g/mol. The number of methoxy groups -OCH3 is 1. The van der Waals surface area contributed by atoms with E-state index in [0.717, 1.165) is 11.3 Å². The molecule has 0 aliphatic carbocycles. The molecule has 0 spiro atoms. The van der Waals surface area contributed by atoms with Crippen LogP contribution in [0.3, 0.4) is 0 Å². The van der Waals surface area contributed by atoms with E-state index >= 15 is 0 Å². The molecule has 0 saturated heterocycles. The molecule has 3 amide bonds. The first-order chi connectivity index (χ1) is 16.8. The largest absolute Gasteiger partial charge is 0.506 e. The molecule has 1 heterocycles. The van der Waals surface area contributed by atoms with Crippen LogP contribution in [-0.4, -0.2) is 34.4 Å². The van der Waals surface area contributed by atoms with Gasteiger partial charge in [-0.05, 0) is 54.6 Å². The maximum Gasteiger partial charge on any atom is 0.325 e. The van der Waals surface area contributed by atoms with Gasteiger partial charge in [0.05, 0.1) is 17.7 Å². The number of carbonyl (C=O) groups excluding carboxylic acids is 2. The highest BCUT2D eigenvalue weighted by Crippen LogP contribution is 2.39. The van der Waals surface area contributed by atoms with E-state index in [1.54, 1.807) is 49.6 Å². The summed E-state index contributed by atoms with van der Waals surface area (Å²) in [5, 5.41) is 26.9. The second-order valence-electron chi connectivity index (χ2n) is 7.04. The molecule has 4 N–H and O–H groups in total. The normalized spacial score (nSPS) is 10.5. The van der Waals surface area contributed by atoms with E-state index in [2.05, 4.69) is 26.1 Å². The van der Waals surface area contributed by atoms with Crippen LogP contribution in [0, 0.1) is 0 Å². The van der Waals surface area contributed by atoms with Crippen molar-refractivity contribution in [2.45, 2.75) is 0 Å². The lowest BCUT2D eigenvalue weighted by atomic mass is 10.2. The van der Waals surface area contributed by atoms with Crippen LogP contribution in [0.4, 0.5) is 21.3 Å². The Kier molecular flexibility index (Phi) is 7.35. The Labute approximate surface area is 213 Å². The molecule has 1 aromatic heterocycles. The average molecular weight is 530 g/mol. The number of halogens is 2. The fourth-order valence-electron chi connectivity index (χ4n) is 2.99. The number of carbonyl (C=O) groups is 2. The zero-order valence-electron chi connectivity index (χ0n) is 18.0.